The topological polar surface area (TPSA) is 66.4 Å². The van der Waals surface area contributed by atoms with Gasteiger partial charge in [-0.05, 0) is 35.6 Å². The summed E-state index contributed by atoms with van der Waals surface area (Å²) in [5, 5.41) is 11.9. The molecule has 1 aliphatic rings. The van der Waals surface area contributed by atoms with Crippen LogP contribution in [0.2, 0.25) is 0 Å². The van der Waals surface area contributed by atoms with E-state index in [9.17, 15) is 9.59 Å². The molecule has 0 aliphatic heterocycles. The van der Waals surface area contributed by atoms with Gasteiger partial charge in [0.1, 0.15) is 0 Å². The van der Waals surface area contributed by atoms with Crippen LogP contribution in [0.5, 0.6) is 0 Å². The van der Waals surface area contributed by atoms with Crippen molar-refractivity contribution >= 4 is 11.9 Å². The molecular weight excluding hydrogens is 278 g/mol. The van der Waals surface area contributed by atoms with Crippen molar-refractivity contribution < 1.29 is 14.7 Å². The first-order valence-corrected chi connectivity index (χ1v) is 7.25. The first kappa shape index (κ1) is 16.0. The second-order valence-corrected chi connectivity index (χ2v) is 6.53. The maximum Gasteiger partial charge on any atom is 0.334 e. The minimum absolute atomic E-state index is 0.0266. The van der Waals surface area contributed by atoms with Crippen molar-refractivity contribution in [2.75, 3.05) is 0 Å². The molecule has 4 heteroatoms. The van der Waals surface area contributed by atoms with Crippen LogP contribution >= 0.6 is 0 Å². The molecule has 0 unspecified atom stereocenters. The Kier molecular flexibility index (Phi) is 4.22. The lowest BCUT2D eigenvalue weighted by Gasteiger charge is -2.19. The summed E-state index contributed by atoms with van der Waals surface area (Å²) in [7, 11) is 0. The smallest absolute Gasteiger partial charge is 0.334 e. The minimum Gasteiger partial charge on any atom is -0.478 e. The molecule has 116 valence electrons. The van der Waals surface area contributed by atoms with Gasteiger partial charge in [0.2, 0.25) is 0 Å². The zero-order valence-corrected chi connectivity index (χ0v) is 13.4. The predicted octanol–water partition coefficient (Wildman–Crippen LogP) is 3.40. The molecule has 0 aromatic heterocycles. The van der Waals surface area contributed by atoms with E-state index in [4.69, 9.17) is 5.11 Å². The van der Waals surface area contributed by atoms with E-state index in [0.717, 1.165) is 11.1 Å². The van der Waals surface area contributed by atoms with Gasteiger partial charge in [0.15, 0.2) is 0 Å². The van der Waals surface area contributed by atoms with Gasteiger partial charge in [-0.2, -0.15) is 0 Å². The van der Waals surface area contributed by atoms with Crippen LogP contribution in [-0.4, -0.2) is 17.0 Å². The third-order valence-electron chi connectivity index (χ3n) is 3.82. The monoisotopic (exact) mass is 299 g/mol. The Labute approximate surface area is 130 Å². The highest BCUT2D eigenvalue weighted by Crippen LogP contribution is 2.25. The number of carboxylic acids is 1. The normalized spacial score (nSPS) is 14.8. The van der Waals surface area contributed by atoms with E-state index in [1.54, 1.807) is 19.1 Å². The van der Waals surface area contributed by atoms with Gasteiger partial charge < -0.3 is 10.4 Å². The number of aliphatic carboxylic acids is 1. The molecule has 2 rings (SSSR count). The molecule has 0 saturated heterocycles. The van der Waals surface area contributed by atoms with Gasteiger partial charge in [0.05, 0.1) is 11.3 Å². The lowest BCUT2D eigenvalue weighted by Crippen LogP contribution is -2.25. The summed E-state index contributed by atoms with van der Waals surface area (Å²) in [6.07, 6.45) is 2.15. The average molecular weight is 299 g/mol. The fourth-order valence-corrected chi connectivity index (χ4v) is 2.37. The summed E-state index contributed by atoms with van der Waals surface area (Å²) in [4.78, 5) is 23.5. The van der Waals surface area contributed by atoms with Gasteiger partial charge in [0, 0.05) is 12.0 Å². The van der Waals surface area contributed by atoms with Crippen LogP contribution < -0.4 is 5.32 Å². The second-order valence-electron chi connectivity index (χ2n) is 6.53. The summed E-state index contributed by atoms with van der Waals surface area (Å²) in [5.74, 6) is -1.28. The molecule has 0 bridgehead atoms. The number of hydrogen-bond acceptors (Lipinski definition) is 2. The first-order chi connectivity index (χ1) is 10.2. The van der Waals surface area contributed by atoms with Crippen LogP contribution in [0, 0.1) is 0 Å². The van der Waals surface area contributed by atoms with Crippen molar-refractivity contribution in [2.45, 2.75) is 39.5 Å². The molecule has 1 aliphatic carbocycles. The largest absolute Gasteiger partial charge is 0.478 e. The van der Waals surface area contributed by atoms with Crippen LogP contribution in [0.25, 0.3) is 0 Å². The van der Waals surface area contributed by atoms with Crippen LogP contribution in [0.4, 0.5) is 0 Å². The predicted molar refractivity (Wildman–Crippen MR) is 85.6 cm³/mol. The SMILES string of the molecule is CC1=CCC(C(=O)O)=C1NC(=O)c1ccc(C(C)(C)C)cc1. The molecule has 0 saturated carbocycles. The molecular formula is C18H21NO3. The third-order valence-corrected chi connectivity index (χ3v) is 3.82. The Bertz CT molecular complexity index is 673. The summed E-state index contributed by atoms with van der Waals surface area (Å²) >= 11 is 0. The number of rotatable bonds is 3. The fourth-order valence-electron chi connectivity index (χ4n) is 2.37. The summed E-state index contributed by atoms with van der Waals surface area (Å²) in [6.45, 7) is 8.13. The van der Waals surface area contributed by atoms with Crippen molar-refractivity contribution in [2.24, 2.45) is 0 Å². The van der Waals surface area contributed by atoms with Crippen molar-refractivity contribution in [1.82, 2.24) is 5.32 Å². The van der Waals surface area contributed by atoms with E-state index in [1.165, 1.54) is 0 Å². The van der Waals surface area contributed by atoms with Crippen molar-refractivity contribution in [1.29, 1.82) is 0 Å². The van der Waals surface area contributed by atoms with Gasteiger partial charge in [-0.25, -0.2) is 4.79 Å². The molecule has 1 aromatic rings. The molecule has 22 heavy (non-hydrogen) atoms. The quantitative estimate of drug-likeness (QED) is 0.899. The molecule has 1 amide bonds. The Morgan fingerprint density at radius 2 is 1.73 bits per heavy atom. The molecule has 0 radical (unpaired) electrons. The summed E-state index contributed by atoms with van der Waals surface area (Å²) in [6, 6.07) is 7.40. The molecule has 2 N–H and O–H groups in total. The van der Waals surface area contributed by atoms with Crippen molar-refractivity contribution in [3.05, 3.63) is 58.3 Å². The van der Waals surface area contributed by atoms with Crippen molar-refractivity contribution in [3.8, 4) is 0 Å². The van der Waals surface area contributed by atoms with Gasteiger partial charge >= 0.3 is 5.97 Å². The summed E-state index contributed by atoms with van der Waals surface area (Å²) < 4.78 is 0. The lowest BCUT2D eigenvalue weighted by molar-refractivity contribution is -0.132. The maximum absolute atomic E-state index is 12.3. The van der Waals surface area contributed by atoms with Gasteiger partial charge in [-0.3, -0.25) is 4.79 Å². The lowest BCUT2D eigenvalue weighted by atomic mass is 9.86. The number of carbonyl (C=O) groups is 2. The van der Waals surface area contributed by atoms with E-state index in [-0.39, 0.29) is 16.9 Å². The number of carboxylic acid groups (broad SMARTS) is 1. The second kappa shape index (κ2) is 5.79. The number of carbonyl (C=O) groups excluding carboxylic acids is 1. The van der Waals surface area contributed by atoms with Gasteiger partial charge in [0.25, 0.3) is 5.91 Å². The number of hydrogen-bond donors (Lipinski definition) is 2. The van der Waals surface area contributed by atoms with E-state index in [2.05, 4.69) is 26.1 Å². The highest BCUT2D eigenvalue weighted by atomic mass is 16.4. The van der Waals surface area contributed by atoms with Gasteiger partial charge in [-0.15, -0.1) is 0 Å². The van der Waals surface area contributed by atoms with Crippen LogP contribution in [0.3, 0.4) is 0 Å². The zero-order chi connectivity index (χ0) is 16.5. The highest BCUT2D eigenvalue weighted by molar-refractivity contribution is 5.98. The van der Waals surface area contributed by atoms with Gasteiger partial charge in [-0.1, -0.05) is 39.0 Å². The maximum atomic E-state index is 12.3. The molecule has 0 fully saturated rings. The fraction of sp³-hybridized carbons (Fsp3) is 0.333. The molecule has 1 aromatic carbocycles. The third kappa shape index (κ3) is 3.27. The Hall–Kier alpha value is -2.36. The van der Waals surface area contributed by atoms with E-state index in [0.29, 0.717) is 17.7 Å². The Morgan fingerprint density at radius 1 is 1.14 bits per heavy atom. The Morgan fingerprint density at radius 3 is 2.23 bits per heavy atom. The number of amides is 1. The molecule has 4 nitrogen and oxygen atoms in total. The molecule has 0 spiro atoms. The average Bonchev–Trinajstić information content (AvgIpc) is 2.79. The van der Waals surface area contributed by atoms with Crippen LogP contribution in [0.15, 0.2) is 47.2 Å². The van der Waals surface area contributed by atoms with Crippen molar-refractivity contribution in [3.63, 3.8) is 0 Å². The highest BCUT2D eigenvalue weighted by Gasteiger charge is 2.22. The number of benzene rings is 1. The number of allylic oxidation sites excluding steroid dienone is 2. The number of nitrogens with one attached hydrogen (secondary N) is 1. The first-order valence-electron chi connectivity index (χ1n) is 7.25. The van der Waals surface area contributed by atoms with Crippen LogP contribution in [0.1, 0.15) is 50.0 Å². The zero-order valence-electron chi connectivity index (χ0n) is 13.4. The summed E-state index contributed by atoms with van der Waals surface area (Å²) in [5.41, 5.74) is 3.13. The molecule has 0 heterocycles. The van der Waals surface area contributed by atoms with E-state index < -0.39 is 5.97 Å². The molecule has 0 atom stereocenters. The standard InChI is InChI=1S/C18H21NO3/c1-11-5-10-14(17(21)22)15(11)19-16(20)12-6-8-13(9-7-12)18(2,3)4/h5-9H,10H2,1-4H3,(H,19,20)(H,21,22). The van der Waals surface area contributed by atoms with E-state index >= 15 is 0 Å². The van der Waals surface area contributed by atoms with E-state index in [1.807, 2.05) is 18.2 Å². The van der Waals surface area contributed by atoms with Crippen LogP contribution in [-0.2, 0) is 10.2 Å². The Balaban J connectivity index is 2.21. The minimum atomic E-state index is -0.994.